The van der Waals surface area contributed by atoms with Crippen molar-refractivity contribution >= 4 is 5.78 Å². The fourth-order valence-corrected chi connectivity index (χ4v) is 2.60. The summed E-state index contributed by atoms with van der Waals surface area (Å²) in [7, 11) is 1.62. The van der Waals surface area contributed by atoms with Crippen molar-refractivity contribution in [3.05, 3.63) is 35.4 Å². The molecule has 0 N–H and O–H groups in total. The molecule has 0 spiro atoms. The first-order chi connectivity index (χ1) is 9.22. The van der Waals surface area contributed by atoms with Gasteiger partial charge in [0, 0.05) is 38.7 Å². The average molecular weight is 262 g/mol. The highest BCUT2D eigenvalue weighted by Crippen LogP contribution is 2.28. The van der Waals surface area contributed by atoms with Gasteiger partial charge >= 0.3 is 0 Å². The van der Waals surface area contributed by atoms with Crippen molar-refractivity contribution in [2.24, 2.45) is 0 Å². The zero-order chi connectivity index (χ0) is 13.7. The van der Waals surface area contributed by atoms with Crippen molar-refractivity contribution in [2.45, 2.75) is 38.2 Å². The number of benzene rings is 1. The smallest absolute Gasteiger partial charge is 0.194 e. The van der Waals surface area contributed by atoms with E-state index in [0.717, 1.165) is 18.4 Å². The number of hydrogen-bond acceptors (Lipinski definition) is 3. The van der Waals surface area contributed by atoms with Gasteiger partial charge in [-0.25, -0.2) is 0 Å². The SMILES string of the molecule is CCCc1ccc(C(=O)C2(OC)CCOCC2)cc1. The van der Waals surface area contributed by atoms with E-state index < -0.39 is 5.60 Å². The molecule has 1 saturated heterocycles. The Morgan fingerprint density at radius 3 is 2.42 bits per heavy atom. The summed E-state index contributed by atoms with van der Waals surface area (Å²) in [6.07, 6.45) is 3.45. The quantitative estimate of drug-likeness (QED) is 0.765. The Bertz CT molecular complexity index is 416. The fraction of sp³-hybridized carbons (Fsp3) is 0.562. The van der Waals surface area contributed by atoms with Crippen molar-refractivity contribution in [3.63, 3.8) is 0 Å². The van der Waals surface area contributed by atoms with Gasteiger partial charge in [0.05, 0.1) is 0 Å². The third-order valence-corrected chi connectivity index (χ3v) is 3.86. The summed E-state index contributed by atoms with van der Waals surface area (Å²) >= 11 is 0. The van der Waals surface area contributed by atoms with E-state index in [1.165, 1.54) is 5.56 Å². The first-order valence-electron chi connectivity index (χ1n) is 6.98. The second-order valence-electron chi connectivity index (χ2n) is 5.09. The van der Waals surface area contributed by atoms with Crippen molar-refractivity contribution in [1.29, 1.82) is 0 Å². The van der Waals surface area contributed by atoms with Crippen LogP contribution in [0.5, 0.6) is 0 Å². The number of aryl methyl sites for hydroxylation is 1. The van der Waals surface area contributed by atoms with Crippen LogP contribution in [-0.2, 0) is 15.9 Å². The molecule has 1 aromatic carbocycles. The highest BCUT2D eigenvalue weighted by atomic mass is 16.5. The third-order valence-electron chi connectivity index (χ3n) is 3.86. The Balaban J connectivity index is 2.17. The van der Waals surface area contributed by atoms with E-state index in [4.69, 9.17) is 9.47 Å². The summed E-state index contributed by atoms with van der Waals surface area (Å²) in [6.45, 7) is 3.34. The van der Waals surface area contributed by atoms with Crippen LogP contribution in [0.3, 0.4) is 0 Å². The molecule has 3 nitrogen and oxygen atoms in total. The number of ketones is 1. The fourth-order valence-electron chi connectivity index (χ4n) is 2.60. The molecule has 0 amide bonds. The molecule has 0 atom stereocenters. The van der Waals surface area contributed by atoms with Crippen LogP contribution >= 0.6 is 0 Å². The summed E-state index contributed by atoms with van der Waals surface area (Å²) < 4.78 is 10.9. The lowest BCUT2D eigenvalue weighted by Crippen LogP contribution is -2.45. The molecule has 1 aliphatic rings. The van der Waals surface area contributed by atoms with Crippen molar-refractivity contribution in [1.82, 2.24) is 0 Å². The summed E-state index contributed by atoms with van der Waals surface area (Å²) in [4.78, 5) is 12.6. The van der Waals surface area contributed by atoms with E-state index in [9.17, 15) is 4.79 Å². The van der Waals surface area contributed by atoms with Crippen molar-refractivity contribution in [3.8, 4) is 0 Å². The Morgan fingerprint density at radius 2 is 1.89 bits per heavy atom. The van der Waals surface area contributed by atoms with Gasteiger partial charge in [0.2, 0.25) is 0 Å². The van der Waals surface area contributed by atoms with E-state index in [2.05, 4.69) is 6.92 Å². The highest BCUT2D eigenvalue weighted by molar-refractivity contribution is 6.02. The second-order valence-corrected chi connectivity index (χ2v) is 5.09. The van der Waals surface area contributed by atoms with Gasteiger partial charge in [0.25, 0.3) is 0 Å². The van der Waals surface area contributed by atoms with Crippen molar-refractivity contribution in [2.75, 3.05) is 20.3 Å². The number of Topliss-reactive ketones (excluding diaryl/α,β-unsaturated/α-hetero) is 1. The first kappa shape index (κ1) is 14.2. The van der Waals surface area contributed by atoms with E-state index in [1.807, 2.05) is 24.3 Å². The van der Waals surface area contributed by atoms with Gasteiger partial charge in [-0.1, -0.05) is 37.6 Å². The molecule has 1 aliphatic heterocycles. The molecule has 3 heteroatoms. The molecule has 1 heterocycles. The molecule has 0 aromatic heterocycles. The number of ether oxygens (including phenoxy) is 2. The monoisotopic (exact) mass is 262 g/mol. The van der Waals surface area contributed by atoms with Crippen LogP contribution in [0.1, 0.15) is 42.1 Å². The van der Waals surface area contributed by atoms with Gasteiger partial charge in [-0.2, -0.15) is 0 Å². The number of carbonyl (C=O) groups excluding carboxylic acids is 1. The molecule has 104 valence electrons. The highest BCUT2D eigenvalue weighted by Gasteiger charge is 2.40. The van der Waals surface area contributed by atoms with E-state index in [1.54, 1.807) is 7.11 Å². The number of carbonyl (C=O) groups is 1. The predicted molar refractivity (Wildman–Crippen MR) is 74.6 cm³/mol. The molecule has 0 unspecified atom stereocenters. The maximum absolute atomic E-state index is 12.6. The lowest BCUT2D eigenvalue weighted by molar-refractivity contribution is -0.0663. The lowest BCUT2D eigenvalue weighted by atomic mass is 9.85. The standard InChI is InChI=1S/C16H22O3/c1-3-4-13-5-7-14(8-6-13)15(17)16(18-2)9-11-19-12-10-16/h5-8H,3-4,9-12H2,1-2H3. The maximum atomic E-state index is 12.6. The normalized spacial score (nSPS) is 18.2. The third kappa shape index (κ3) is 3.04. The van der Waals surface area contributed by atoms with Gasteiger partial charge in [-0.15, -0.1) is 0 Å². The zero-order valence-electron chi connectivity index (χ0n) is 11.8. The average Bonchev–Trinajstić information content (AvgIpc) is 2.48. The van der Waals surface area contributed by atoms with Crippen LogP contribution < -0.4 is 0 Å². The summed E-state index contributed by atoms with van der Waals surface area (Å²) in [6, 6.07) is 7.92. The van der Waals surface area contributed by atoms with Crippen LogP contribution in [0.2, 0.25) is 0 Å². The molecule has 0 saturated carbocycles. The minimum Gasteiger partial charge on any atom is -0.381 e. The van der Waals surface area contributed by atoms with E-state index in [0.29, 0.717) is 26.1 Å². The Hall–Kier alpha value is -1.19. The van der Waals surface area contributed by atoms with Gasteiger partial charge in [-0.05, 0) is 12.0 Å². The van der Waals surface area contributed by atoms with Crippen LogP contribution in [0.4, 0.5) is 0 Å². The maximum Gasteiger partial charge on any atom is 0.194 e. The number of hydrogen-bond donors (Lipinski definition) is 0. The summed E-state index contributed by atoms with van der Waals surface area (Å²) in [5, 5.41) is 0. The largest absolute Gasteiger partial charge is 0.381 e. The van der Waals surface area contributed by atoms with Crippen molar-refractivity contribution < 1.29 is 14.3 Å². The second kappa shape index (κ2) is 6.31. The zero-order valence-corrected chi connectivity index (χ0v) is 11.8. The number of rotatable bonds is 5. The number of methoxy groups -OCH3 is 1. The molecule has 1 aromatic rings. The van der Waals surface area contributed by atoms with E-state index in [-0.39, 0.29) is 5.78 Å². The Morgan fingerprint density at radius 1 is 1.26 bits per heavy atom. The topological polar surface area (TPSA) is 35.5 Å². The van der Waals surface area contributed by atoms with Crippen LogP contribution in [0, 0.1) is 0 Å². The molecule has 0 aliphatic carbocycles. The van der Waals surface area contributed by atoms with E-state index >= 15 is 0 Å². The summed E-state index contributed by atoms with van der Waals surface area (Å²) in [5.74, 6) is 0.0846. The predicted octanol–water partition coefficient (Wildman–Crippen LogP) is 3.02. The van der Waals surface area contributed by atoms with Gasteiger partial charge in [0.1, 0.15) is 5.60 Å². The van der Waals surface area contributed by atoms with Crippen LogP contribution in [0.15, 0.2) is 24.3 Å². The van der Waals surface area contributed by atoms with Gasteiger partial charge < -0.3 is 9.47 Å². The molecule has 0 radical (unpaired) electrons. The molecule has 0 bridgehead atoms. The molecule has 1 fully saturated rings. The Labute approximate surface area is 114 Å². The van der Waals surface area contributed by atoms with Gasteiger partial charge in [-0.3, -0.25) is 4.79 Å². The van der Waals surface area contributed by atoms with Gasteiger partial charge in [0.15, 0.2) is 5.78 Å². The molecule has 19 heavy (non-hydrogen) atoms. The summed E-state index contributed by atoms with van der Waals surface area (Å²) in [5.41, 5.74) is 1.32. The first-order valence-corrected chi connectivity index (χ1v) is 6.98. The lowest BCUT2D eigenvalue weighted by Gasteiger charge is -2.34. The Kier molecular flexibility index (Phi) is 4.72. The molecular weight excluding hydrogens is 240 g/mol. The minimum absolute atomic E-state index is 0.0846. The van der Waals surface area contributed by atoms with Crippen LogP contribution in [0.25, 0.3) is 0 Å². The van der Waals surface area contributed by atoms with Crippen LogP contribution in [-0.4, -0.2) is 31.7 Å². The molecule has 2 rings (SSSR count). The minimum atomic E-state index is -0.690. The molecular formula is C16H22O3.